The molecule has 2 aromatic rings. The highest BCUT2D eigenvalue weighted by Gasteiger charge is 2.20. The summed E-state index contributed by atoms with van der Waals surface area (Å²) in [7, 11) is 0. The standard InChI is InChI=1S/C15H17BrN2S/c1-2-14(17)15(11-5-4-8-18-10-11)19-13-7-3-6-12(16)9-13/h3-10,14-15H,2,17H2,1H3. The SMILES string of the molecule is CCC(N)C(Sc1cccc(Br)c1)c1cccnc1. The Kier molecular flexibility index (Phi) is 5.43. The Balaban J connectivity index is 2.24. The van der Waals surface area contributed by atoms with E-state index in [1.807, 2.05) is 24.4 Å². The average Bonchev–Trinajstić information content (AvgIpc) is 2.45. The Labute approximate surface area is 126 Å². The summed E-state index contributed by atoms with van der Waals surface area (Å²) in [4.78, 5) is 5.42. The fraction of sp³-hybridized carbons (Fsp3) is 0.267. The third-order valence-corrected chi connectivity index (χ3v) is 4.83. The molecule has 1 aromatic heterocycles. The first kappa shape index (κ1) is 14.6. The Bertz CT molecular complexity index is 519. The first-order valence-electron chi connectivity index (χ1n) is 6.28. The summed E-state index contributed by atoms with van der Waals surface area (Å²) in [6.45, 7) is 2.12. The van der Waals surface area contributed by atoms with Crippen LogP contribution >= 0.6 is 27.7 Å². The van der Waals surface area contributed by atoms with Gasteiger partial charge >= 0.3 is 0 Å². The maximum atomic E-state index is 6.27. The Morgan fingerprint density at radius 2 is 2.16 bits per heavy atom. The van der Waals surface area contributed by atoms with Crippen molar-refractivity contribution >= 4 is 27.7 Å². The summed E-state index contributed by atoms with van der Waals surface area (Å²) in [5.41, 5.74) is 7.46. The Morgan fingerprint density at radius 3 is 2.79 bits per heavy atom. The smallest absolute Gasteiger partial charge is 0.0510 e. The maximum absolute atomic E-state index is 6.27. The maximum Gasteiger partial charge on any atom is 0.0510 e. The molecule has 0 aliphatic heterocycles. The monoisotopic (exact) mass is 336 g/mol. The molecule has 1 heterocycles. The van der Waals surface area contributed by atoms with Crippen molar-refractivity contribution in [1.82, 2.24) is 4.98 Å². The molecule has 0 spiro atoms. The third kappa shape index (κ3) is 4.06. The van der Waals surface area contributed by atoms with Crippen LogP contribution in [0.3, 0.4) is 0 Å². The number of benzene rings is 1. The fourth-order valence-electron chi connectivity index (χ4n) is 1.85. The van der Waals surface area contributed by atoms with Gasteiger partial charge in [0.15, 0.2) is 0 Å². The number of nitrogens with zero attached hydrogens (tertiary/aromatic N) is 1. The van der Waals surface area contributed by atoms with Crippen molar-refractivity contribution in [3.05, 3.63) is 58.8 Å². The largest absolute Gasteiger partial charge is 0.326 e. The van der Waals surface area contributed by atoms with Crippen molar-refractivity contribution in [2.75, 3.05) is 0 Å². The van der Waals surface area contributed by atoms with Gasteiger partial charge in [-0.2, -0.15) is 0 Å². The first-order chi connectivity index (χ1) is 9.20. The normalized spacial score (nSPS) is 14.1. The highest BCUT2D eigenvalue weighted by molar-refractivity contribution is 9.10. The van der Waals surface area contributed by atoms with Gasteiger partial charge in [0.1, 0.15) is 0 Å². The number of nitrogens with two attached hydrogens (primary N) is 1. The number of pyridine rings is 1. The molecular formula is C15H17BrN2S. The lowest BCUT2D eigenvalue weighted by molar-refractivity contribution is 0.633. The van der Waals surface area contributed by atoms with E-state index in [1.54, 1.807) is 18.0 Å². The molecule has 0 radical (unpaired) electrons. The van der Waals surface area contributed by atoms with Crippen LogP contribution in [0.15, 0.2) is 58.2 Å². The van der Waals surface area contributed by atoms with Gasteiger partial charge in [0.2, 0.25) is 0 Å². The van der Waals surface area contributed by atoms with Crippen LogP contribution < -0.4 is 5.73 Å². The summed E-state index contributed by atoms with van der Waals surface area (Å²) in [6.07, 6.45) is 4.65. The molecular weight excluding hydrogens is 320 g/mol. The lowest BCUT2D eigenvalue weighted by Gasteiger charge is -2.22. The molecule has 0 aliphatic rings. The zero-order valence-electron chi connectivity index (χ0n) is 10.8. The number of hydrogen-bond donors (Lipinski definition) is 1. The predicted octanol–water partition coefficient (Wildman–Crippen LogP) is 4.41. The quantitative estimate of drug-likeness (QED) is 0.821. The van der Waals surface area contributed by atoms with E-state index in [9.17, 15) is 0 Å². The van der Waals surface area contributed by atoms with Gasteiger partial charge in [-0.15, -0.1) is 11.8 Å². The molecule has 0 bridgehead atoms. The lowest BCUT2D eigenvalue weighted by Crippen LogP contribution is -2.25. The minimum Gasteiger partial charge on any atom is -0.326 e. The van der Waals surface area contributed by atoms with Gasteiger partial charge in [0.25, 0.3) is 0 Å². The molecule has 4 heteroatoms. The van der Waals surface area contributed by atoms with Crippen molar-refractivity contribution < 1.29 is 0 Å². The second kappa shape index (κ2) is 7.08. The van der Waals surface area contributed by atoms with Crippen LogP contribution in [0.25, 0.3) is 0 Å². The van der Waals surface area contributed by atoms with Crippen LogP contribution in [0.5, 0.6) is 0 Å². The summed E-state index contributed by atoms with van der Waals surface area (Å²) >= 11 is 5.30. The summed E-state index contributed by atoms with van der Waals surface area (Å²) in [6, 6.07) is 12.5. The summed E-state index contributed by atoms with van der Waals surface area (Å²) in [5, 5.41) is 0.230. The van der Waals surface area contributed by atoms with Gasteiger partial charge in [-0.25, -0.2) is 0 Å². The fourth-order valence-corrected chi connectivity index (χ4v) is 3.69. The molecule has 19 heavy (non-hydrogen) atoms. The van der Waals surface area contributed by atoms with E-state index in [0.29, 0.717) is 0 Å². The van der Waals surface area contributed by atoms with E-state index in [0.717, 1.165) is 10.9 Å². The van der Waals surface area contributed by atoms with Crippen LogP contribution in [0.4, 0.5) is 0 Å². The number of thioether (sulfide) groups is 1. The van der Waals surface area contributed by atoms with Crippen LogP contribution in [-0.2, 0) is 0 Å². The van der Waals surface area contributed by atoms with Gasteiger partial charge in [0.05, 0.1) is 5.25 Å². The highest BCUT2D eigenvalue weighted by atomic mass is 79.9. The van der Waals surface area contributed by atoms with Crippen molar-refractivity contribution in [2.24, 2.45) is 5.73 Å². The Hall–Kier alpha value is -0.840. The van der Waals surface area contributed by atoms with Gasteiger partial charge in [-0.3, -0.25) is 4.98 Å². The molecule has 0 aliphatic carbocycles. The minimum atomic E-state index is 0.119. The van der Waals surface area contributed by atoms with Gasteiger partial charge in [0, 0.05) is 27.8 Å². The van der Waals surface area contributed by atoms with E-state index >= 15 is 0 Å². The van der Waals surface area contributed by atoms with E-state index in [1.165, 1.54) is 10.5 Å². The third-order valence-electron chi connectivity index (χ3n) is 2.93. The van der Waals surface area contributed by atoms with E-state index < -0.39 is 0 Å². The van der Waals surface area contributed by atoms with Crippen molar-refractivity contribution in [3.63, 3.8) is 0 Å². The molecule has 2 nitrogen and oxygen atoms in total. The van der Waals surface area contributed by atoms with E-state index in [2.05, 4.69) is 46.0 Å². The second-order valence-electron chi connectivity index (χ2n) is 4.35. The van der Waals surface area contributed by atoms with Crippen LogP contribution in [0.1, 0.15) is 24.2 Å². The van der Waals surface area contributed by atoms with Crippen molar-refractivity contribution in [3.8, 4) is 0 Å². The van der Waals surface area contributed by atoms with Gasteiger partial charge in [-0.05, 0) is 36.2 Å². The number of rotatable bonds is 5. The van der Waals surface area contributed by atoms with Crippen molar-refractivity contribution in [1.29, 1.82) is 0 Å². The molecule has 100 valence electrons. The minimum absolute atomic E-state index is 0.119. The molecule has 2 rings (SSSR count). The summed E-state index contributed by atoms with van der Waals surface area (Å²) < 4.78 is 1.09. The van der Waals surface area contributed by atoms with E-state index in [-0.39, 0.29) is 11.3 Å². The van der Waals surface area contributed by atoms with Crippen LogP contribution in [0.2, 0.25) is 0 Å². The number of hydrogen-bond acceptors (Lipinski definition) is 3. The zero-order valence-corrected chi connectivity index (χ0v) is 13.2. The molecule has 0 saturated heterocycles. The number of halogens is 1. The highest BCUT2D eigenvalue weighted by Crippen LogP contribution is 2.38. The molecule has 2 atom stereocenters. The van der Waals surface area contributed by atoms with Gasteiger partial charge in [-0.1, -0.05) is 35.0 Å². The van der Waals surface area contributed by atoms with E-state index in [4.69, 9.17) is 5.73 Å². The topological polar surface area (TPSA) is 38.9 Å². The molecule has 0 amide bonds. The van der Waals surface area contributed by atoms with Crippen LogP contribution in [0, 0.1) is 0 Å². The molecule has 2 unspecified atom stereocenters. The first-order valence-corrected chi connectivity index (χ1v) is 7.95. The molecule has 1 aromatic carbocycles. The predicted molar refractivity (Wildman–Crippen MR) is 85.2 cm³/mol. The van der Waals surface area contributed by atoms with Crippen LogP contribution in [-0.4, -0.2) is 11.0 Å². The molecule has 0 saturated carbocycles. The Morgan fingerprint density at radius 1 is 1.32 bits per heavy atom. The lowest BCUT2D eigenvalue weighted by atomic mass is 10.1. The number of aromatic nitrogens is 1. The molecule has 0 fully saturated rings. The molecule has 2 N–H and O–H groups in total. The van der Waals surface area contributed by atoms with Crippen molar-refractivity contribution in [2.45, 2.75) is 29.5 Å². The average molecular weight is 337 g/mol. The zero-order chi connectivity index (χ0) is 13.7. The summed E-state index contributed by atoms with van der Waals surface area (Å²) in [5.74, 6) is 0. The van der Waals surface area contributed by atoms with Gasteiger partial charge < -0.3 is 5.73 Å². The second-order valence-corrected chi connectivity index (χ2v) is 6.48.